The zero-order valence-electron chi connectivity index (χ0n) is 63.0. The molecule has 0 aromatic rings. The molecule has 0 aromatic carbocycles. The van der Waals surface area contributed by atoms with Crippen LogP contribution in [0.2, 0.25) is 0 Å². The molecular weight excluding hydrogens is 1280 g/mol. The van der Waals surface area contributed by atoms with Crippen molar-refractivity contribution in [2.45, 2.75) is 406 Å². The number of phosphoric acid groups is 2. The molecule has 5 unspecified atom stereocenters. The van der Waals surface area contributed by atoms with Gasteiger partial charge in [-0.3, -0.25) is 37.3 Å². The number of carbonyl (C=O) groups excluding carboxylic acids is 4. The van der Waals surface area contributed by atoms with Gasteiger partial charge in [0.2, 0.25) is 0 Å². The quantitative estimate of drug-likeness (QED) is 0.0169. The van der Waals surface area contributed by atoms with Gasteiger partial charge >= 0.3 is 39.5 Å². The fraction of sp³-hybridized carbons (Fsp3) is 0.873. The number of unbranched alkanes of at least 4 members (excludes halogenated alkanes) is 45. The molecule has 0 aliphatic rings. The third kappa shape index (κ3) is 71.7. The highest BCUT2D eigenvalue weighted by atomic mass is 31.2. The molecule has 0 fully saturated rings. The Morgan fingerprint density at radius 3 is 0.786 bits per heavy atom. The van der Waals surface area contributed by atoms with Crippen LogP contribution in [0.25, 0.3) is 0 Å². The van der Waals surface area contributed by atoms with Crippen LogP contribution in [-0.4, -0.2) is 96.7 Å². The second kappa shape index (κ2) is 72.6. The van der Waals surface area contributed by atoms with Crippen LogP contribution < -0.4 is 0 Å². The van der Waals surface area contributed by atoms with Gasteiger partial charge in [-0.05, 0) is 83.5 Å². The molecule has 98 heavy (non-hydrogen) atoms. The van der Waals surface area contributed by atoms with E-state index in [2.05, 4.69) is 64.2 Å². The van der Waals surface area contributed by atoms with Gasteiger partial charge in [-0.15, -0.1) is 0 Å². The lowest BCUT2D eigenvalue weighted by Crippen LogP contribution is -2.30. The zero-order valence-corrected chi connectivity index (χ0v) is 64.8. The summed E-state index contributed by atoms with van der Waals surface area (Å²) in [5, 5.41) is 10.6. The number of aliphatic hydroxyl groups is 1. The van der Waals surface area contributed by atoms with E-state index < -0.39 is 97.5 Å². The summed E-state index contributed by atoms with van der Waals surface area (Å²) in [7, 11) is -9.93. The van der Waals surface area contributed by atoms with Crippen molar-refractivity contribution in [3.05, 3.63) is 36.5 Å². The molecule has 5 atom stereocenters. The predicted molar refractivity (Wildman–Crippen MR) is 400 cm³/mol. The Labute approximate surface area is 598 Å². The van der Waals surface area contributed by atoms with E-state index in [1.165, 1.54) is 173 Å². The summed E-state index contributed by atoms with van der Waals surface area (Å²) in [4.78, 5) is 72.9. The first-order valence-corrected chi connectivity index (χ1v) is 43.2. The van der Waals surface area contributed by atoms with E-state index in [9.17, 15) is 43.2 Å². The van der Waals surface area contributed by atoms with Gasteiger partial charge in [-0.2, -0.15) is 0 Å². The van der Waals surface area contributed by atoms with Gasteiger partial charge in [0.1, 0.15) is 19.3 Å². The smallest absolute Gasteiger partial charge is 0.462 e. The molecule has 576 valence electrons. The second-order valence-corrected chi connectivity index (χ2v) is 30.3. The number of esters is 4. The normalized spacial score (nSPS) is 14.1. The second-order valence-electron chi connectivity index (χ2n) is 27.4. The summed E-state index contributed by atoms with van der Waals surface area (Å²) < 4.78 is 68.6. The number of hydrogen-bond acceptors (Lipinski definition) is 15. The van der Waals surface area contributed by atoms with Crippen LogP contribution in [0.5, 0.6) is 0 Å². The number of rotatable bonds is 77. The molecule has 0 aromatic heterocycles. The molecule has 3 N–H and O–H groups in total. The first kappa shape index (κ1) is 95.3. The maximum atomic E-state index is 13.1. The van der Waals surface area contributed by atoms with Crippen molar-refractivity contribution >= 4 is 39.5 Å². The molecule has 0 spiro atoms. The fourth-order valence-electron chi connectivity index (χ4n) is 11.4. The van der Waals surface area contributed by atoms with Crippen molar-refractivity contribution in [3.8, 4) is 0 Å². The number of phosphoric ester groups is 2. The SMILES string of the molecule is CCCCC/C=C\C/C=C\CCCCCCCC(=O)OCC(COP(=O)(O)OCC(O)COP(=O)(O)OCC(COC(=O)CCCCCCC/C=C\CCCCCCCC)OC(=O)CCCCCCCCCCCCCCC)OC(=O)CCCCCCCCCCCCCCCCC. The highest BCUT2D eigenvalue weighted by Crippen LogP contribution is 2.45. The Morgan fingerprint density at radius 1 is 0.286 bits per heavy atom. The first-order valence-electron chi connectivity index (χ1n) is 40.2. The van der Waals surface area contributed by atoms with Crippen LogP contribution in [0.1, 0.15) is 387 Å². The van der Waals surface area contributed by atoms with Crippen LogP contribution >= 0.6 is 15.6 Å². The van der Waals surface area contributed by atoms with Crippen LogP contribution in [-0.2, 0) is 65.4 Å². The topological polar surface area (TPSA) is 237 Å². The lowest BCUT2D eigenvalue weighted by atomic mass is 10.0. The Hall–Kier alpha value is -2.72. The third-order valence-electron chi connectivity index (χ3n) is 17.6. The zero-order chi connectivity index (χ0) is 71.8. The lowest BCUT2D eigenvalue weighted by molar-refractivity contribution is -0.161. The van der Waals surface area contributed by atoms with E-state index in [1.54, 1.807) is 0 Å². The van der Waals surface area contributed by atoms with Gasteiger partial charge in [0.05, 0.1) is 26.4 Å². The molecule has 0 saturated heterocycles. The Balaban J connectivity index is 5.31. The Bertz CT molecular complexity index is 2000. The van der Waals surface area contributed by atoms with Crippen molar-refractivity contribution in [1.29, 1.82) is 0 Å². The minimum Gasteiger partial charge on any atom is -0.462 e. The number of allylic oxidation sites excluding steroid dienone is 6. The van der Waals surface area contributed by atoms with Crippen LogP contribution in [0.3, 0.4) is 0 Å². The van der Waals surface area contributed by atoms with Crippen LogP contribution in [0, 0.1) is 0 Å². The molecule has 0 rings (SSSR count). The number of aliphatic hydroxyl groups excluding tert-OH is 1. The summed E-state index contributed by atoms with van der Waals surface area (Å²) in [6, 6.07) is 0. The van der Waals surface area contributed by atoms with Crippen molar-refractivity contribution in [2.75, 3.05) is 39.6 Å². The van der Waals surface area contributed by atoms with Crippen molar-refractivity contribution in [1.82, 2.24) is 0 Å². The fourth-order valence-corrected chi connectivity index (χ4v) is 13.0. The van der Waals surface area contributed by atoms with Crippen LogP contribution in [0.4, 0.5) is 0 Å². The first-order chi connectivity index (χ1) is 47.7. The summed E-state index contributed by atoms with van der Waals surface area (Å²) >= 11 is 0. The lowest BCUT2D eigenvalue weighted by Gasteiger charge is -2.21. The van der Waals surface area contributed by atoms with E-state index in [0.717, 1.165) is 135 Å². The van der Waals surface area contributed by atoms with Gasteiger partial charge in [0.15, 0.2) is 12.2 Å². The molecule has 0 aliphatic carbocycles. The summed E-state index contributed by atoms with van der Waals surface area (Å²) in [6.07, 6.45) is 68.3. The van der Waals surface area contributed by atoms with E-state index in [4.69, 9.17) is 37.0 Å². The maximum Gasteiger partial charge on any atom is 0.472 e. The average Bonchev–Trinajstić information content (AvgIpc) is 1.04. The summed E-state index contributed by atoms with van der Waals surface area (Å²) in [6.45, 7) is 4.92. The molecule has 0 saturated carbocycles. The number of hydrogen-bond donors (Lipinski definition) is 3. The minimum atomic E-state index is -4.97. The van der Waals surface area contributed by atoms with Gasteiger partial charge in [-0.1, -0.05) is 315 Å². The standard InChI is InChI=1S/C79H148O17P2/c1-5-9-13-17-21-25-29-33-36-40-43-47-51-55-59-63-76(81)89-69-74(95-78(83)65-61-57-53-49-45-39-32-28-24-20-16-12-8-4)71-93-97(85,86)91-67-73(80)68-92-98(87,88)94-72-75(96-79(84)66-62-58-54-50-46-42-38-35-31-27-23-19-15-11-7-3)70-90-77(82)64-60-56-52-48-44-41-37-34-30-26-22-18-14-10-6-2/h22,26,33-34,36-37,73-75,80H,5-21,23-25,27-32,35,38-72H2,1-4H3,(H,85,86)(H,87,88)/b26-22-,36-33-,37-34-. The molecule has 0 amide bonds. The van der Waals surface area contributed by atoms with Gasteiger partial charge in [-0.25, -0.2) is 9.13 Å². The molecule has 17 nitrogen and oxygen atoms in total. The van der Waals surface area contributed by atoms with Gasteiger partial charge < -0.3 is 33.8 Å². The number of carbonyl (C=O) groups is 4. The van der Waals surface area contributed by atoms with Crippen LogP contribution in [0.15, 0.2) is 36.5 Å². The molecule has 19 heteroatoms. The van der Waals surface area contributed by atoms with Gasteiger partial charge in [0.25, 0.3) is 0 Å². The predicted octanol–water partition coefficient (Wildman–Crippen LogP) is 23.1. The summed E-state index contributed by atoms with van der Waals surface area (Å²) in [5.41, 5.74) is 0. The van der Waals surface area contributed by atoms with E-state index >= 15 is 0 Å². The van der Waals surface area contributed by atoms with E-state index in [0.29, 0.717) is 25.7 Å². The van der Waals surface area contributed by atoms with E-state index in [1.807, 2.05) is 0 Å². The van der Waals surface area contributed by atoms with Crippen molar-refractivity contribution in [3.63, 3.8) is 0 Å². The molecular formula is C79H148O17P2. The molecule has 0 heterocycles. The average molecular weight is 1430 g/mol. The third-order valence-corrected chi connectivity index (χ3v) is 19.5. The minimum absolute atomic E-state index is 0.101. The van der Waals surface area contributed by atoms with Crippen molar-refractivity contribution < 1.29 is 80.2 Å². The monoisotopic (exact) mass is 1430 g/mol. The Morgan fingerprint density at radius 2 is 0.500 bits per heavy atom. The largest absolute Gasteiger partial charge is 0.472 e. The molecule has 0 aliphatic heterocycles. The highest BCUT2D eigenvalue weighted by molar-refractivity contribution is 7.47. The maximum absolute atomic E-state index is 13.1. The highest BCUT2D eigenvalue weighted by Gasteiger charge is 2.30. The number of ether oxygens (including phenoxy) is 4. The van der Waals surface area contributed by atoms with Gasteiger partial charge in [0, 0.05) is 25.7 Å². The summed E-state index contributed by atoms with van der Waals surface area (Å²) in [5.74, 6) is -2.15. The van der Waals surface area contributed by atoms with Crippen molar-refractivity contribution in [2.24, 2.45) is 0 Å². The van der Waals surface area contributed by atoms with E-state index in [-0.39, 0.29) is 25.7 Å². The Kier molecular flexibility index (Phi) is 70.6. The molecule has 0 radical (unpaired) electrons. The molecule has 0 bridgehead atoms.